The molecule has 5 aromatic rings. The number of pyridine rings is 4. The van der Waals surface area contributed by atoms with Crippen LogP contribution in [0, 0.1) is 47.5 Å². The number of nitrogens with two attached hydrogens (primary N) is 4. The van der Waals surface area contributed by atoms with Gasteiger partial charge in [-0.25, -0.2) is 19.9 Å². The van der Waals surface area contributed by atoms with Gasteiger partial charge in [0.1, 0.15) is 37.8 Å². The monoisotopic (exact) mass is 1060 g/mol. The molecule has 0 amide bonds. The largest absolute Gasteiger partial charge is 1.00 e. The first-order chi connectivity index (χ1) is 26.2. The van der Waals surface area contributed by atoms with Crippen molar-refractivity contribution in [3.8, 4) is 0 Å². The third kappa shape index (κ3) is 20.8. The van der Waals surface area contributed by atoms with E-state index in [1.807, 2.05) is 13.8 Å². The number of hydrogen-bond acceptors (Lipinski definition) is 16. The fraction of sp³-hybridized carbons (Fsp3) is 0.300. The fourth-order valence-electron chi connectivity index (χ4n) is 3.50. The molecule has 26 heteroatoms. The van der Waals surface area contributed by atoms with Gasteiger partial charge >= 0.3 is 57.1 Å². The molecule has 1 saturated heterocycles. The van der Waals surface area contributed by atoms with E-state index in [0.29, 0.717) is 42.9 Å². The maximum atomic E-state index is 10.3. The van der Waals surface area contributed by atoms with E-state index in [0.717, 1.165) is 47.1 Å². The van der Waals surface area contributed by atoms with Crippen LogP contribution in [0.1, 0.15) is 37.8 Å². The molecule has 1 atom stereocenters. The number of nitrogen functional groups attached to an aromatic ring is 4. The Hall–Kier alpha value is -1.74. The maximum absolute atomic E-state index is 10.3. The van der Waals surface area contributed by atoms with Crippen molar-refractivity contribution in [1.29, 1.82) is 0 Å². The SMILES string of the molecule is C1CCOC1.Cc1c(Cl)ncc(N)c1N.Cc1c(Cl)ncc([N+](=O)[O-])c1N.Cc1c(Cl)ncc2[nH]c(=S)[nH]c12.Cc1c(N)ccnc1Cl.O=NO[O-].[2H]C([3H])I.[Fe].[K+]. The molecule has 0 saturated carbocycles. The molecule has 0 aromatic carbocycles. The molecule has 6 heterocycles. The third-order valence-corrected chi connectivity index (χ3v) is 8.35. The Kier molecular flexibility index (Phi) is 31.1. The van der Waals surface area contributed by atoms with Gasteiger partial charge in [0, 0.05) is 67.2 Å². The van der Waals surface area contributed by atoms with Gasteiger partial charge in [0.25, 0.3) is 0 Å². The molecule has 1 aliphatic heterocycles. The first-order valence-electron chi connectivity index (χ1n) is 15.9. The van der Waals surface area contributed by atoms with Gasteiger partial charge in [-0.3, -0.25) is 10.1 Å². The molecule has 6 rings (SSSR count). The second-order valence-electron chi connectivity index (χ2n) is 10.1. The fourth-order valence-corrected chi connectivity index (χ4v) is 4.32. The number of aryl methyl sites for hydroxylation is 1. The number of alkyl halides is 1. The van der Waals surface area contributed by atoms with Crippen molar-refractivity contribution in [2.75, 3.05) is 41.0 Å². The number of nitro groups is 1. The van der Waals surface area contributed by atoms with Gasteiger partial charge < -0.3 is 47.9 Å². The van der Waals surface area contributed by atoms with Gasteiger partial charge in [-0.15, -0.1) is 4.91 Å². The maximum Gasteiger partial charge on any atom is 1.00 e. The quantitative estimate of drug-likeness (QED) is 0.0160. The van der Waals surface area contributed by atoms with Crippen molar-refractivity contribution >= 4 is 121 Å². The number of fused-ring (bicyclic) bond motifs is 1. The molecule has 0 spiro atoms. The summed E-state index contributed by atoms with van der Waals surface area (Å²) < 4.78 is 18.0. The molecule has 0 radical (unpaired) electrons. The molecule has 1 aliphatic rings. The Bertz CT molecular complexity index is 2020. The van der Waals surface area contributed by atoms with E-state index >= 15 is 0 Å². The van der Waals surface area contributed by atoms with Crippen LogP contribution in [0.2, 0.25) is 20.6 Å². The first kappa shape index (κ1) is 54.3. The van der Waals surface area contributed by atoms with Crippen molar-refractivity contribution in [3.05, 3.63) is 93.5 Å². The zero-order chi connectivity index (χ0) is 43.1. The Morgan fingerprint density at radius 3 is 1.80 bits per heavy atom. The summed E-state index contributed by atoms with van der Waals surface area (Å²) in [7, 11) is 0. The number of rotatable bonds is 2. The van der Waals surface area contributed by atoms with Gasteiger partial charge in [0.2, 0.25) is 0 Å². The predicted molar refractivity (Wildman–Crippen MR) is 224 cm³/mol. The average molecular weight is 1060 g/mol. The van der Waals surface area contributed by atoms with Crippen LogP contribution in [-0.4, -0.2) is 52.9 Å². The van der Waals surface area contributed by atoms with E-state index in [4.69, 9.17) is 99.2 Å². The summed E-state index contributed by atoms with van der Waals surface area (Å²) in [6, 6.07) is 1.72. The minimum Gasteiger partial charge on any atom is -0.635 e. The van der Waals surface area contributed by atoms with E-state index in [-0.39, 0.29) is 85.0 Å². The molecule has 304 valence electrons. The number of aromatic nitrogens is 6. The number of nitrogens with one attached hydrogen (secondary N) is 2. The van der Waals surface area contributed by atoms with Gasteiger partial charge in [-0.1, -0.05) is 69.0 Å². The summed E-state index contributed by atoms with van der Waals surface area (Å²) in [6.45, 7) is 9.10. The molecule has 0 aliphatic carbocycles. The molecule has 10 N–H and O–H groups in total. The smallest absolute Gasteiger partial charge is 0.635 e. The van der Waals surface area contributed by atoms with E-state index in [2.05, 4.69) is 34.9 Å². The van der Waals surface area contributed by atoms with Crippen molar-refractivity contribution in [1.82, 2.24) is 29.9 Å². The second-order valence-corrected chi connectivity index (χ2v) is 11.9. The van der Waals surface area contributed by atoms with E-state index in [1.165, 1.54) is 24.4 Å². The standard InChI is InChI=1S/C7H6ClN3S.C6H6ClN3O2.C6H8ClN3.C6H7ClN2.C4H8O.CH3I.Fe.K.HNO3/c1-3-5-4(2-9-6(3)8)10-7(12)11-5;1-3-5(8)4(10(11)12)2-9-6(3)7;1-3-5(9)4(8)2-10-6(3)7;1-4-5(8)2-3-9-6(4)7;1-2-4-5-3-1;1-2;;;2-1-4-3/h2H,1H3,(H2,10,11,12);2H,1H3,(H2,8,9);2H,8H2,1H3,(H2,9,10);2-3H,1H3,(H2,8,9);1-4H2;1H3;;;3H/q;;;;;;;+1;/p-1/i;;;;;1TD;;;. The number of anilines is 4. The molecule has 56 heavy (non-hydrogen) atoms. The molecular weight excluding hydrogens is 1020 g/mol. The van der Waals surface area contributed by atoms with Crippen LogP contribution < -0.4 is 79.6 Å². The molecule has 18 nitrogen and oxygen atoms in total. The molecule has 0 bridgehead atoms. The van der Waals surface area contributed by atoms with E-state index in [1.54, 1.807) is 54.9 Å². The van der Waals surface area contributed by atoms with Crippen molar-refractivity contribution in [2.24, 2.45) is 5.34 Å². The normalized spacial score (nSPS) is 11.4. The van der Waals surface area contributed by atoms with Crippen LogP contribution in [0.15, 0.2) is 36.2 Å². The van der Waals surface area contributed by atoms with Gasteiger partial charge in [-0.05, 0) is 63.7 Å². The molecule has 1 unspecified atom stereocenters. The molecule has 5 aromatic heterocycles. The zero-order valence-corrected chi connectivity index (χ0v) is 40.6. The molecular formula is C30H38Cl4FeIKN12O6S. The Morgan fingerprint density at radius 1 is 0.911 bits per heavy atom. The summed E-state index contributed by atoms with van der Waals surface area (Å²) in [4.78, 5) is 41.0. The van der Waals surface area contributed by atoms with E-state index in [9.17, 15) is 10.1 Å². The van der Waals surface area contributed by atoms with Gasteiger partial charge in [0.15, 0.2) is 4.77 Å². The number of H-pyrrole nitrogens is 2. The first-order valence-corrected chi connectivity index (χ1v) is 17.9. The zero-order valence-electron chi connectivity index (χ0n) is 32.4. The average Bonchev–Trinajstić information content (AvgIpc) is 3.86. The second kappa shape index (κ2) is 32.1. The minimum atomic E-state index is -0.697. The number of ether oxygens (including phenoxy) is 1. The summed E-state index contributed by atoms with van der Waals surface area (Å²) in [5, 5.41) is 21.7. The predicted octanol–water partition coefficient (Wildman–Crippen LogP) is 4.76. The number of hydrogen-bond donors (Lipinski definition) is 6. The van der Waals surface area contributed by atoms with Crippen LogP contribution in [-0.2, 0) is 26.8 Å². The van der Waals surface area contributed by atoms with Crippen molar-refractivity contribution < 1.29 is 91.1 Å². The summed E-state index contributed by atoms with van der Waals surface area (Å²) in [5.41, 5.74) is 28.2. The van der Waals surface area contributed by atoms with Gasteiger partial charge in [0.05, 0.1) is 39.7 Å². The van der Waals surface area contributed by atoms with E-state index < -0.39 is 9.81 Å². The number of nitrogens with zero attached hydrogens (tertiary/aromatic N) is 6. The minimum absolute atomic E-state index is 0. The summed E-state index contributed by atoms with van der Waals surface area (Å²) >= 11 is 29.3. The Morgan fingerprint density at radius 2 is 1.38 bits per heavy atom. The Labute approximate surface area is 417 Å². The van der Waals surface area contributed by atoms with Crippen LogP contribution >= 0.6 is 81.2 Å². The van der Waals surface area contributed by atoms with Gasteiger partial charge in [-0.2, -0.15) is 0 Å². The number of aromatic amines is 2. The molecule has 1 fully saturated rings. The topological polar surface area (TPSA) is 301 Å². The van der Waals surface area contributed by atoms with Crippen molar-refractivity contribution in [3.63, 3.8) is 0 Å². The van der Waals surface area contributed by atoms with Crippen LogP contribution in [0.4, 0.5) is 28.4 Å². The summed E-state index contributed by atoms with van der Waals surface area (Å²) in [5.74, 6) is 0. The van der Waals surface area contributed by atoms with Crippen LogP contribution in [0.3, 0.4) is 0 Å². The number of imidazole rings is 1. The Balaban J connectivity index is -0.000000628. The van der Waals surface area contributed by atoms with Crippen LogP contribution in [0.5, 0.6) is 0 Å². The van der Waals surface area contributed by atoms with Crippen LogP contribution in [0.25, 0.3) is 11.0 Å². The summed E-state index contributed by atoms with van der Waals surface area (Å²) in [6.07, 6.45) is 8.30. The van der Waals surface area contributed by atoms with Crippen molar-refractivity contribution in [2.45, 2.75) is 40.5 Å². The number of halogens is 5. The third-order valence-electron chi connectivity index (χ3n) is 6.62.